The van der Waals surface area contributed by atoms with Gasteiger partial charge in [-0.25, -0.2) is 4.79 Å². The molecule has 0 bridgehead atoms. The van der Waals surface area contributed by atoms with Gasteiger partial charge in [0, 0.05) is 6.07 Å². The highest BCUT2D eigenvalue weighted by Crippen LogP contribution is 2.24. The summed E-state index contributed by atoms with van der Waals surface area (Å²) >= 11 is 0. The Morgan fingerprint density at radius 3 is 1.96 bits per heavy atom. The number of nitrogens with zero attached hydrogens (tertiary/aromatic N) is 2. The van der Waals surface area contributed by atoms with Crippen LogP contribution in [0.2, 0.25) is 0 Å². The maximum atomic E-state index is 12.3. The predicted octanol–water partition coefficient (Wildman–Crippen LogP) is 3.35. The normalized spacial score (nSPS) is 9.28. The molecule has 0 N–H and O–H groups in total. The fraction of sp³-hybridized carbons (Fsp3) is 0.105. The first kappa shape index (κ1) is 17.6. The number of allylic oxidation sites excluding steroid dienone is 1. The average molecular weight is 334 g/mol. The Hall–Kier alpha value is -3.77. The van der Waals surface area contributed by atoms with E-state index in [1.54, 1.807) is 54.6 Å². The number of methoxy groups -OCH3 is 2. The van der Waals surface area contributed by atoms with Crippen molar-refractivity contribution in [2.24, 2.45) is 0 Å². The molecule has 2 rings (SSSR count). The number of hydrogen-bond donors (Lipinski definition) is 0. The number of rotatable bonds is 5. The standard InChI is InChI=1S/C19H14N2O4/c1-23-17-8-15(9-18(10-17)24-2)19(22)25-16-5-3-13(4-6-16)7-14(11-20)12-21/h3-10H,1-2H3. The van der Waals surface area contributed by atoms with Crippen LogP contribution < -0.4 is 14.2 Å². The van der Waals surface area contributed by atoms with Gasteiger partial charge < -0.3 is 14.2 Å². The SMILES string of the molecule is COc1cc(OC)cc(C(=O)Oc2ccc(C=C(C#N)C#N)cc2)c1. The number of nitriles is 2. The van der Waals surface area contributed by atoms with E-state index in [4.69, 9.17) is 24.7 Å². The van der Waals surface area contributed by atoms with Gasteiger partial charge in [0.15, 0.2) is 0 Å². The van der Waals surface area contributed by atoms with Crippen molar-refractivity contribution in [3.8, 4) is 29.4 Å². The van der Waals surface area contributed by atoms with Gasteiger partial charge in [-0.2, -0.15) is 10.5 Å². The molecule has 25 heavy (non-hydrogen) atoms. The quantitative estimate of drug-likeness (QED) is 0.473. The second-order valence-electron chi connectivity index (χ2n) is 4.84. The second-order valence-corrected chi connectivity index (χ2v) is 4.84. The summed E-state index contributed by atoms with van der Waals surface area (Å²) in [6.45, 7) is 0. The fourth-order valence-corrected chi connectivity index (χ4v) is 1.98. The van der Waals surface area contributed by atoms with E-state index in [2.05, 4.69) is 0 Å². The first-order valence-electron chi connectivity index (χ1n) is 7.17. The van der Waals surface area contributed by atoms with Crippen molar-refractivity contribution in [1.82, 2.24) is 0 Å². The molecule has 0 aliphatic heterocycles. The molecule has 0 amide bonds. The van der Waals surface area contributed by atoms with E-state index in [1.807, 2.05) is 0 Å². The predicted molar refractivity (Wildman–Crippen MR) is 90.1 cm³/mol. The van der Waals surface area contributed by atoms with Crippen LogP contribution in [0.25, 0.3) is 6.08 Å². The molecule has 0 aliphatic rings. The minimum atomic E-state index is -0.560. The summed E-state index contributed by atoms with van der Waals surface area (Å²) in [5, 5.41) is 17.5. The van der Waals surface area contributed by atoms with E-state index in [9.17, 15) is 4.79 Å². The van der Waals surface area contributed by atoms with Gasteiger partial charge in [0.1, 0.15) is 35.0 Å². The number of esters is 1. The van der Waals surface area contributed by atoms with Crippen LogP contribution in [0.3, 0.4) is 0 Å². The van der Waals surface area contributed by atoms with Gasteiger partial charge in [0.2, 0.25) is 0 Å². The third-order valence-electron chi connectivity index (χ3n) is 3.23. The van der Waals surface area contributed by atoms with Crippen LogP contribution in [0.15, 0.2) is 48.0 Å². The monoisotopic (exact) mass is 334 g/mol. The van der Waals surface area contributed by atoms with Gasteiger partial charge in [-0.15, -0.1) is 0 Å². The Kier molecular flexibility index (Phi) is 5.76. The summed E-state index contributed by atoms with van der Waals surface area (Å²) in [5.74, 6) is 0.731. The summed E-state index contributed by atoms with van der Waals surface area (Å²) < 4.78 is 15.6. The molecule has 0 atom stereocenters. The third kappa shape index (κ3) is 4.60. The molecule has 0 spiro atoms. The highest BCUT2D eigenvalue weighted by Gasteiger charge is 2.12. The smallest absolute Gasteiger partial charge is 0.343 e. The largest absolute Gasteiger partial charge is 0.497 e. The highest BCUT2D eigenvalue weighted by molar-refractivity contribution is 5.92. The molecule has 0 fully saturated rings. The summed E-state index contributed by atoms with van der Waals surface area (Å²) in [6.07, 6.45) is 1.44. The van der Waals surface area contributed by atoms with Gasteiger partial charge in [0.25, 0.3) is 0 Å². The second kappa shape index (κ2) is 8.19. The first-order valence-corrected chi connectivity index (χ1v) is 7.17. The van der Waals surface area contributed by atoms with E-state index < -0.39 is 5.97 Å². The van der Waals surface area contributed by atoms with Crippen LogP contribution in [0.5, 0.6) is 17.2 Å². The summed E-state index contributed by atoms with van der Waals surface area (Å²) in [5.41, 5.74) is 0.936. The van der Waals surface area contributed by atoms with Crippen molar-refractivity contribution in [2.45, 2.75) is 0 Å². The lowest BCUT2D eigenvalue weighted by Crippen LogP contribution is -2.09. The topological polar surface area (TPSA) is 92.3 Å². The molecule has 0 unspecified atom stereocenters. The maximum Gasteiger partial charge on any atom is 0.343 e. The molecule has 0 heterocycles. The lowest BCUT2D eigenvalue weighted by atomic mass is 10.1. The molecule has 6 heteroatoms. The molecule has 0 saturated heterocycles. The van der Waals surface area contributed by atoms with Crippen molar-refractivity contribution in [3.05, 3.63) is 59.2 Å². The maximum absolute atomic E-state index is 12.3. The van der Waals surface area contributed by atoms with E-state index in [0.29, 0.717) is 22.8 Å². The number of benzene rings is 2. The van der Waals surface area contributed by atoms with E-state index in [0.717, 1.165) is 0 Å². The van der Waals surface area contributed by atoms with Crippen molar-refractivity contribution in [3.63, 3.8) is 0 Å². The number of carbonyl (C=O) groups is 1. The average Bonchev–Trinajstić information content (AvgIpc) is 2.66. The molecular formula is C19H14N2O4. The van der Waals surface area contributed by atoms with Gasteiger partial charge in [-0.3, -0.25) is 0 Å². The molecule has 124 valence electrons. The lowest BCUT2D eigenvalue weighted by Gasteiger charge is -2.08. The zero-order chi connectivity index (χ0) is 18.2. The van der Waals surface area contributed by atoms with Gasteiger partial charge >= 0.3 is 5.97 Å². The zero-order valence-electron chi connectivity index (χ0n) is 13.6. The third-order valence-corrected chi connectivity index (χ3v) is 3.23. The highest BCUT2D eigenvalue weighted by atomic mass is 16.5. The van der Waals surface area contributed by atoms with Crippen LogP contribution >= 0.6 is 0 Å². The fourth-order valence-electron chi connectivity index (χ4n) is 1.98. The molecule has 0 aliphatic carbocycles. The van der Waals surface area contributed by atoms with Crippen LogP contribution in [-0.4, -0.2) is 20.2 Å². The number of hydrogen-bond acceptors (Lipinski definition) is 6. The molecule has 2 aromatic carbocycles. The van der Waals surface area contributed by atoms with Crippen LogP contribution in [-0.2, 0) is 0 Å². The number of carbonyl (C=O) groups excluding carboxylic acids is 1. The Morgan fingerprint density at radius 1 is 0.920 bits per heavy atom. The van der Waals surface area contributed by atoms with Crippen LogP contribution in [0.1, 0.15) is 15.9 Å². The molecule has 0 saturated carbocycles. The zero-order valence-corrected chi connectivity index (χ0v) is 13.6. The van der Waals surface area contributed by atoms with E-state index >= 15 is 0 Å². The Balaban J connectivity index is 2.18. The van der Waals surface area contributed by atoms with E-state index in [-0.39, 0.29) is 11.1 Å². The van der Waals surface area contributed by atoms with Gasteiger partial charge in [-0.1, -0.05) is 12.1 Å². The molecule has 0 radical (unpaired) electrons. The van der Waals surface area contributed by atoms with E-state index in [1.165, 1.54) is 20.3 Å². The van der Waals surface area contributed by atoms with Crippen molar-refractivity contribution in [1.29, 1.82) is 10.5 Å². The van der Waals surface area contributed by atoms with Crippen LogP contribution in [0, 0.1) is 22.7 Å². The first-order chi connectivity index (χ1) is 12.1. The summed E-state index contributed by atoms with van der Waals surface area (Å²) in [6, 6.07) is 14.8. The molecule has 2 aromatic rings. The molecule has 0 aromatic heterocycles. The van der Waals surface area contributed by atoms with Crippen molar-refractivity contribution >= 4 is 12.0 Å². The lowest BCUT2D eigenvalue weighted by molar-refractivity contribution is 0.0734. The Bertz CT molecular complexity index is 849. The van der Waals surface area contributed by atoms with Crippen molar-refractivity contribution in [2.75, 3.05) is 14.2 Å². The molecular weight excluding hydrogens is 320 g/mol. The van der Waals surface area contributed by atoms with Gasteiger partial charge in [0.05, 0.1) is 19.8 Å². The Morgan fingerprint density at radius 2 is 1.48 bits per heavy atom. The minimum absolute atomic E-state index is 0.00628. The minimum Gasteiger partial charge on any atom is -0.497 e. The summed E-state index contributed by atoms with van der Waals surface area (Å²) in [4.78, 5) is 12.3. The van der Waals surface area contributed by atoms with Gasteiger partial charge in [-0.05, 0) is 35.9 Å². The summed E-state index contributed by atoms with van der Waals surface area (Å²) in [7, 11) is 2.99. The van der Waals surface area contributed by atoms with Crippen LogP contribution in [0.4, 0.5) is 0 Å². The Labute approximate surface area is 145 Å². The molecule has 6 nitrogen and oxygen atoms in total. The van der Waals surface area contributed by atoms with Crippen molar-refractivity contribution < 1.29 is 19.0 Å². The number of ether oxygens (including phenoxy) is 3.